The molecule has 88 valence electrons. The van der Waals surface area contributed by atoms with E-state index < -0.39 is 17.8 Å². The van der Waals surface area contributed by atoms with Crippen molar-refractivity contribution in [3.8, 4) is 0 Å². The molecule has 0 aliphatic carbocycles. The first-order valence-electron chi connectivity index (χ1n) is 4.96. The van der Waals surface area contributed by atoms with Gasteiger partial charge in [-0.15, -0.1) is 0 Å². The first-order valence-corrected chi connectivity index (χ1v) is 5.75. The Morgan fingerprint density at radius 3 is 2.94 bits per heavy atom. The molecule has 1 rings (SSSR count). The normalized spacial score (nSPS) is 12.2. The molecule has 16 heavy (non-hydrogen) atoms. The molecule has 1 unspecified atom stereocenters. The van der Waals surface area contributed by atoms with Gasteiger partial charge in [0.15, 0.2) is 0 Å². The highest BCUT2D eigenvalue weighted by atomic mass is 79.9. The second-order valence-corrected chi connectivity index (χ2v) is 4.25. The fourth-order valence-corrected chi connectivity index (χ4v) is 1.55. The third kappa shape index (κ3) is 3.57. The lowest BCUT2D eigenvalue weighted by Crippen LogP contribution is -2.31. The molecule has 0 aromatic heterocycles. The Hall–Kier alpha value is -0.940. The largest absolute Gasteiger partial charge is 0.391 e. The molecule has 0 bridgehead atoms. The summed E-state index contributed by atoms with van der Waals surface area (Å²) in [5.74, 6) is -0.872. The van der Waals surface area contributed by atoms with E-state index in [0.717, 1.165) is 6.07 Å². The van der Waals surface area contributed by atoms with E-state index in [0.29, 0.717) is 10.9 Å². The Bertz CT molecular complexity index is 384. The molecule has 1 aromatic rings. The van der Waals surface area contributed by atoms with Gasteiger partial charge in [0, 0.05) is 11.0 Å². The molecule has 0 saturated heterocycles. The minimum Gasteiger partial charge on any atom is -0.391 e. The van der Waals surface area contributed by atoms with Crippen LogP contribution >= 0.6 is 15.9 Å². The first-order chi connectivity index (χ1) is 7.54. The highest BCUT2D eigenvalue weighted by molar-refractivity contribution is 9.10. The average molecular weight is 290 g/mol. The molecule has 5 heteroatoms. The summed E-state index contributed by atoms with van der Waals surface area (Å²) in [5, 5.41) is 11.8. The SMILES string of the molecule is CCC(O)CNC(=O)c1cc(F)ccc1Br. The number of hydrogen-bond acceptors (Lipinski definition) is 2. The van der Waals surface area contributed by atoms with Crippen molar-refractivity contribution in [2.75, 3.05) is 6.54 Å². The van der Waals surface area contributed by atoms with Gasteiger partial charge in [0.1, 0.15) is 5.82 Å². The number of aliphatic hydroxyl groups is 1. The van der Waals surface area contributed by atoms with Gasteiger partial charge in [-0.25, -0.2) is 4.39 Å². The van der Waals surface area contributed by atoms with Gasteiger partial charge in [-0.05, 0) is 40.5 Å². The summed E-state index contributed by atoms with van der Waals surface area (Å²) in [4.78, 5) is 11.6. The highest BCUT2D eigenvalue weighted by Crippen LogP contribution is 2.17. The molecule has 0 aliphatic heterocycles. The van der Waals surface area contributed by atoms with Crippen molar-refractivity contribution in [3.63, 3.8) is 0 Å². The minimum absolute atomic E-state index is 0.165. The fourth-order valence-electron chi connectivity index (χ4n) is 1.12. The van der Waals surface area contributed by atoms with Gasteiger partial charge in [0.2, 0.25) is 0 Å². The summed E-state index contributed by atoms with van der Waals surface area (Å²) in [5.41, 5.74) is 0.225. The van der Waals surface area contributed by atoms with Crippen molar-refractivity contribution >= 4 is 21.8 Å². The van der Waals surface area contributed by atoms with Crippen LogP contribution in [0.1, 0.15) is 23.7 Å². The molecule has 3 nitrogen and oxygen atoms in total. The number of rotatable bonds is 4. The average Bonchev–Trinajstić information content (AvgIpc) is 2.28. The van der Waals surface area contributed by atoms with Crippen molar-refractivity contribution in [2.45, 2.75) is 19.4 Å². The van der Waals surface area contributed by atoms with E-state index in [1.807, 2.05) is 6.92 Å². The van der Waals surface area contributed by atoms with E-state index in [9.17, 15) is 14.3 Å². The molecule has 1 aromatic carbocycles. The van der Waals surface area contributed by atoms with Gasteiger partial charge in [0.25, 0.3) is 5.91 Å². The van der Waals surface area contributed by atoms with E-state index >= 15 is 0 Å². The molecule has 2 N–H and O–H groups in total. The number of halogens is 2. The van der Waals surface area contributed by atoms with Gasteiger partial charge in [-0.1, -0.05) is 6.92 Å². The van der Waals surface area contributed by atoms with Crippen molar-refractivity contribution in [2.24, 2.45) is 0 Å². The number of carbonyl (C=O) groups is 1. The molecular formula is C11H13BrFNO2. The predicted octanol–water partition coefficient (Wildman–Crippen LogP) is 2.09. The van der Waals surface area contributed by atoms with Crippen LogP contribution in [0.4, 0.5) is 4.39 Å². The maximum atomic E-state index is 12.9. The Balaban J connectivity index is 2.69. The van der Waals surface area contributed by atoms with Gasteiger partial charge in [-0.3, -0.25) is 4.79 Å². The van der Waals surface area contributed by atoms with Crippen molar-refractivity contribution < 1.29 is 14.3 Å². The summed E-state index contributed by atoms with van der Waals surface area (Å²) in [6.07, 6.45) is -0.0128. The third-order valence-corrected chi connectivity index (χ3v) is 2.83. The van der Waals surface area contributed by atoms with Crippen LogP contribution in [0.25, 0.3) is 0 Å². The van der Waals surface area contributed by atoms with Crippen LogP contribution < -0.4 is 5.32 Å². The molecule has 0 heterocycles. The lowest BCUT2D eigenvalue weighted by atomic mass is 10.2. The van der Waals surface area contributed by atoms with Gasteiger partial charge in [-0.2, -0.15) is 0 Å². The van der Waals surface area contributed by atoms with Crippen LogP contribution in [-0.4, -0.2) is 23.7 Å². The Morgan fingerprint density at radius 2 is 2.31 bits per heavy atom. The van der Waals surface area contributed by atoms with Crippen LogP contribution in [-0.2, 0) is 0 Å². The van der Waals surface area contributed by atoms with E-state index in [1.165, 1.54) is 12.1 Å². The van der Waals surface area contributed by atoms with Crippen LogP contribution in [0.3, 0.4) is 0 Å². The van der Waals surface area contributed by atoms with Crippen molar-refractivity contribution in [1.82, 2.24) is 5.32 Å². The number of aliphatic hydroxyl groups excluding tert-OH is 1. The molecular weight excluding hydrogens is 277 g/mol. The van der Waals surface area contributed by atoms with E-state index in [2.05, 4.69) is 21.2 Å². The predicted molar refractivity (Wildman–Crippen MR) is 62.7 cm³/mol. The topological polar surface area (TPSA) is 49.3 Å². The summed E-state index contributed by atoms with van der Waals surface area (Å²) in [6, 6.07) is 3.89. The monoisotopic (exact) mass is 289 g/mol. The second kappa shape index (κ2) is 5.96. The zero-order valence-electron chi connectivity index (χ0n) is 8.84. The van der Waals surface area contributed by atoms with E-state index in [-0.39, 0.29) is 12.1 Å². The van der Waals surface area contributed by atoms with Gasteiger partial charge >= 0.3 is 0 Å². The van der Waals surface area contributed by atoms with Crippen LogP contribution in [0.15, 0.2) is 22.7 Å². The standard InChI is InChI=1S/C11H13BrFNO2/c1-2-8(15)6-14-11(16)9-5-7(13)3-4-10(9)12/h3-5,8,15H,2,6H2,1H3,(H,14,16). The van der Waals surface area contributed by atoms with Crippen LogP contribution in [0.2, 0.25) is 0 Å². The summed E-state index contributed by atoms with van der Waals surface area (Å²) in [6.45, 7) is 1.98. The molecule has 1 atom stereocenters. The zero-order valence-corrected chi connectivity index (χ0v) is 10.4. The Kier molecular flexibility index (Phi) is 4.89. The van der Waals surface area contributed by atoms with Gasteiger partial charge < -0.3 is 10.4 Å². The lowest BCUT2D eigenvalue weighted by molar-refractivity contribution is 0.0912. The number of nitrogens with one attached hydrogen (secondary N) is 1. The summed E-state index contributed by atoms with van der Waals surface area (Å²) < 4.78 is 13.4. The molecule has 0 saturated carbocycles. The molecule has 0 spiro atoms. The molecule has 1 amide bonds. The fraction of sp³-hybridized carbons (Fsp3) is 0.364. The number of hydrogen-bond donors (Lipinski definition) is 2. The Labute approximate surface area is 102 Å². The quantitative estimate of drug-likeness (QED) is 0.892. The van der Waals surface area contributed by atoms with Gasteiger partial charge in [0.05, 0.1) is 11.7 Å². The zero-order chi connectivity index (χ0) is 12.1. The number of benzene rings is 1. The smallest absolute Gasteiger partial charge is 0.252 e. The molecule has 0 aliphatic rings. The van der Waals surface area contributed by atoms with Crippen molar-refractivity contribution in [3.05, 3.63) is 34.1 Å². The number of carbonyl (C=O) groups excluding carboxylic acids is 1. The van der Waals surface area contributed by atoms with Crippen LogP contribution in [0, 0.1) is 5.82 Å². The summed E-state index contributed by atoms with van der Waals surface area (Å²) >= 11 is 3.17. The summed E-state index contributed by atoms with van der Waals surface area (Å²) in [7, 11) is 0. The molecule has 0 fully saturated rings. The minimum atomic E-state index is -0.573. The van der Waals surface area contributed by atoms with Crippen molar-refractivity contribution in [1.29, 1.82) is 0 Å². The maximum absolute atomic E-state index is 12.9. The number of amides is 1. The maximum Gasteiger partial charge on any atom is 0.252 e. The highest BCUT2D eigenvalue weighted by Gasteiger charge is 2.11. The third-order valence-electron chi connectivity index (χ3n) is 2.14. The first kappa shape index (κ1) is 13.1. The lowest BCUT2D eigenvalue weighted by Gasteiger charge is -2.10. The van der Waals surface area contributed by atoms with E-state index in [1.54, 1.807) is 0 Å². The van der Waals surface area contributed by atoms with E-state index in [4.69, 9.17) is 0 Å². The Morgan fingerprint density at radius 1 is 1.62 bits per heavy atom. The molecule has 0 radical (unpaired) electrons. The second-order valence-electron chi connectivity index (χ2n) is 3.40. The van der Waals surface area contributed by atoms with Crippen LogP contribution in [0.5, 0.6) is 0 Å².